The predicted molar refractivity (Wildman–Crippen MR) is 64.5 cm³/mol. The van der Waals surface area contributed by atoms with Crippen LogP contribution in [0.25, 0.3) is 0 Å². The average molecular weight is 257 g/mol. The molecule has 3 N–H and O–H groups in total. The fourth-order valence-electron chi connectivity index (χ4n) is 1.84. The van der Waals surface area contributed by atoms with Crippen LogP contribution in [0.2, 0.25) is 5.02 Å². The summed E-state index contributed by atoms with van der Waals surface area (Å²) < 4.78 is 13.5. The molecule has 3 nitrogen and oxygen atoms in total. The van der Waals surface area contributed by atoms with E-state index in [1.165, 1.54) is 12.1 Å². The molecule has 92 valence electrons. The van der Waals surface area contributed by atoms with Gasteiger partial charge in [0.15, 0.2) is 5.82 Å². The molecule has 1 aliphatic rings. The Hall–Kier alpha value is -1.13. The highest BCUT2D eigenvalue weighted by Crippen LogP contribution is 2.28. The molecule has 0 atom stereocenters. The second-order valence-electron chi connectivity index (χ2n) is 4.50. The standard InChI is InChI=1S/C12H14ClFN2O/c13-9-4-1-3-8(10(9)14)11(17)16-7-12(15)5-2-6-12/h1,3-4H,2,5-7,15H2,(H,16,17). The summed E-state index contributed by atoms with van der Waals surface area (Å²) in [6, 6.07) is 4.35. The van der Waals surface area contributed by atoms with Crippen LogP contribution in [-0.2, 0) is 0 Å². The number of rotatable bonds is 3. The summed E-state index contributed by atoms with van der Waals surface area (Å²) >= 11 is 5.61. The third-order valence-electron chi connectivity index (χ3n) is 3.15. The average Bonchev–Trinajstić information content (AvgIpc) is 2.27. The van der Waals surface area contributed by atoms with Gasteiger partial charge in [0.1, 0.15) is 0 Å². The van der Waals surface area contributed by atoms with Crippen molar-refractivity contribution < 1.29 is 9.18 Å². The molecule has 0 saturated heterocycles. The van der Waals surface area contributed by atoms with Crippen molar-refractivity contribution in [3.8, 4) is 0 Å². The lowest BCUT2D eigenvalue weighted by Gasteiger charge is -2.38. The number of nitrogens with one attached hydrogen (secondary N) is 1. The van der Waals surface area contributed by atoms with E-state index < -0.39 is 11.7 Å². The van der Waals surface area contributed by atoms with Gasteiger partial charge in [-0.3, -0.25) is 4.79 Å². The molecule has 17 heavy (non-hydrogen) atoms. The van der Waals surface area contributed by atoms with Gasteiger partial charge in [0.25, 0.3) is 5.91 Å². The van der Waals surface area contributed by atoms with Crippen molar-refractivity contribution in [3.63, 3.8) is 0 Å². The molecular weight excluding hydrogens is 243 g/mol. The zero-order valence-electron chi connectivity index (χ0n) is 9.30. The maximum absolute atomic E-state index is 13.5. The summed E-state index contributed by atoms with van der Waals surface area (Å²) in [4.78, 5) is 11.7. The van der Waals surface area contributed by atoms with Crippen molar-refractivity contribution in [2.24, 2.45) is 5.73 Å². The van der Waals surface area contributed by atoms with E-state index >= 15 is 0 Å². The third-order valence-corrected chi connectivity index (χ3v) is 3.44. The van der Waals surface area contributed by atoms with Crippen molar-refractivity contribution in [1.29, 1.82) is 0 Å². The predicted octanol–water partition coefficient (Wildman–Crippen LogP) is 2.09. The van der Waals surface area contributed by atoms with Gasteiger partial charge in [0, 0.05) is 12.1 Å². The molecule has 1 aromatic carbocycles. The summed E-state index contributed by atoms with van der Waals surface area (Å²) in [6.45, 7) is 0.373. The number of hydrogen-bond donors (Lipinski definition) is 2. The van der Waals surface area contributed by atoms with Gasteiger partial charge in [-0.05, 0) is 31.4 Å². The van der Waals surface area contributed by atoms with Crippen LogP contribution in [0.5, 0.6) is 0 Å². The molecular formula is C12H14ClFN2O. The minimum atomic E-state index is -0.689. The smallest absolute Gasteiger partial charge is 0.254 e. The Morgan fingerprint density at radius 3 is 2.82 bits per heavy atom. The normalized spacial score (nSPS) is 17.4. The largest absolute Gasteiger partial charge is 0.350 e. The van der Waals surface area contributed by atoms with E-state index in [1.807, 2.05) is 0 Å². The molecule has 0 spiro atoms. The summed E-state index contributed by atoms with van der Waals surface area (Å²) in [5.41, 5.74) is 5.61. The van der Waals surface area contributed by atoms with E-state index in [2.05, 4.69) is 5.32 Å². The lowest BCUT2D eigenvalue weighted by atomic mass is 9.78. The first kappa shape index (κ1) is 12.3. The molecule has 1 aliphatic carbocycles. The number of amides is 1. The zero-order valence-corrected chi connectivity index (χ0v) is 10.1. The first-order valence-corrected chi connectivity index (χ1v) is 5.91. The van der Waals surface area contributed by atoms with Crippen molar-refractivity contribution in [2.75, 3.05) is 6.54 Å². The summed E-state index contributed by atoms with van der Waals surface area (Å²) in [5.74, 6) is -1.16. The monoisotopic (exact) mass is 256 g/mol. The van der Waals surface area contributed by atoms with E-state index in [1.54, 1.807) is 6.07 Å². The first-order chi connectivity index (χ1) is 8.02. The summed E-state index contributed by atoms with van der Waals surface area (Å²) in [5, 5.41) is 2.59. The lowest BCUT2D eigenvalue weighted by molar-refractivity contribution is 0.0925. The van der Waals surface area contributed by atoms with Crippen molar-refractivity contribution >= 4 is 17.5 Å². The summed E-state index contributed by atoms with van der Waals surface area (Å²) in [7, 11) is 0. The number of benzene rings is 1. The van der Waals surface area contributed by atoms with E-state index in [4.69, 9.17) is 17.3 Å². The highest BCUT2D eigenvalue weighted by molar-refractivity contribution is 6.31. The number of carbonyl (C=O) groups is 1. The van der Waals surface area contributed by atoms with Crippen LogP contribution in [0.3, 0.4) is 0 Å². The highest BCUT2D eigenvalue weighted by atomic mass is 35.5. The highest BCUT2D eigenvalue weighted by Gasteiger charge is 2.32. The van der Waals surface area contributed by atoms with Gasteiger partial charge in [-0.1, -0.05) is 17.7 Å². The number of halogens is 2. The molecule has 1 saturated carbocycles. The number of hydrogen-bond acceptors (Lipinski definition) is 2. The minimum absolute atomic E-state index is 0.0413. The molecule has 0 bridgehead atoms. The maximum atomic E-state index is 13.5. The fraction of sp³-hybridized carbons (Fsp3) is 0.417. The van der Waals surface area contributed by atoms with Gasteiger partial charge in [-0.25, -0.2) is 4.39 Å². The molecule has 1 aromatic rings. The topological polar surface area (TPSA) is 55.1 Å². The molecule has 0 aliphatic heterocycles. The van der Waals surface area contributed by atoms with Crippen LogP contribution in [0.1, 0.15) is 29.6 Å². The van der Waals surface area contributed by atoms with E-state index in [0.717, 1.165) is 19.3 Å². The first-order valence-electron chi connectivity index (χ1n) is 5.53. The van der Waals surface area contributed by atoms with Crippen molar-refractivity contribution in [2.45, 2.75) is 24.8 Å². The van der Waals surface area contributed by atoms with Gasteiger partial charge >= 0.3 is 0 Å². The second kappa shape index (κ2) is 4.63. The van der Waals surface area contributed by atoms with Gasteiger partial charge < -0.3 is 11.1 Å². The molecule has 0 radical (unpaired) electrons. The van der Waals surface area contributed by atoms with Crippen LogP contribution < -0.4 is 11.1 Å². The van der Waals surface area contributed by atoms with E-state index in [-0.39, 0.29) is 16.1 Å². The van der Waals surface area contributed by atoms with Crippen LogP contribution in [0.4, 0.5) is 4.39 Å². The molecule has 0 unspecified atom stereocenters. The maximum Gasteiger partial charge on any atom is 0.254 e. The molecule has 5 heteroatoms. The Kier molecular flexibility index (Phi) is 3.35. The molecule has 0 aromatic heterocycles. The quantitative estimate of drug-likeness (QED) is 0.870. The Morgan fingerprint density at radius 2 is 2.24 bits per heavy atom. The van der Waals surface area contributed by atoms with Crippen LogP contribution in [0.15, 0.2) is 18.2 Å². The van der Waals surface area contributed by atoms with Crippen LogP contribution in [-0.4, -0.2) is 18.0 Å². The zero-order chi connectivity index (χ0) is 12.5. The molecule has 1 amide bonds. The SMILES string of the molecule is NC1(CNC(=O)c2cccc(Cl)c2F)CCC1. The van der Waals surface area contributed by atoms with Crippen molar-refractivity contribution in [1.82, 2.24) is 5.32 Å². The van der Waals surface area contributed by atoms with Gasteiger partial charge in [0.05, 0.1) is 10.6 Å². The summed E-state index contributed by atoms with van der Waals surface area (Å²) in [6.07, 6.45) is 2.87. The van der Waals surface area contributed by atoms with Gasteiger partial charge in [-0.2, -0.15) is 0 Å². The lowest BCUT2D eigenvalue weighted by Crippen LogP contribution is -2.55. The number of nitrogens with two attached hydrogens (primary N) is 1. The third kappa shape index (κ3) is 2.58. The number of carbonyl (C=O) groups excluding carboxylic acids is 1. The Morgan fingerprint density at radius 1 is 1.53 bits per heavy atom. The van der Waals surface area contributed by atoms with Gasteiger partial charge in [-0.15, -0.1) is 0 Å². The molecule has 2 rings (SSSR count). The van der Waals surface area contributed by atoms with Crippen LogP contribution in [0, 0.1) is 5.82 Å². The minimum Gasteiger partial charge on any atom is -0.350 e. The van der Waals surface area contributed by atoms with Gasteiger partial charge in [0.2, 0.25) is 0 Å². The fourth-order valence-corrected chi connectivity index (χ4v) is 2.01. The Labute approximate surface area is 104 Å². The molecule has 1 fully saturated rings. The van der Waals surface area contributed by atoms with E-state index in [0.29, 0.717) is 6.54 Å². The Bertz CT molecular complexity index is 446. The Balaban J connectivity index is 2.02. The van der Waals surface area contributed by atoms with Crippen molar-refractivity contribution in [3.05, 3.63) is 34.6 Å². The molecule has 0 heterocycles. The van der Waals surface area contributed by atoms with Crippen LogP contribution >= 0.6 is 11.6 Å². The second-order valence-corrected chi connectivity index (χ2v) is 4.91. The van der Waals surface area contributed by atoms with E-state index in [9.17, 15) is 9.18 Å².